The summed E-state index contributed by atoms with van der Waals surface area (Å²) >= 11 is 1.75. The normalized spacial score (nSPS) is 6.00. The predicted molar refractivity (Wildman–Crippen MR) is 30.2 cm³/mol. The number of rotatable bonds is 1. The van der Waals surface area contributed by atoms with Crippen LogP contribution in [0.1, 0.15) is 0 Å². The van der Waals surface area contributed by atoms with Crippen LogP contribution < -0.4 is 0 Å². The van der Waals surface area contributed by atoms with Gasteiger partial charge in [0.2, 0.25) is 0 Å². The Hall–Kier alpha value is 0.350. The Morgan fingerprint density at radius 3 is 2.00 bits per heavy atom. The molecule has 0 fully saturated rings. The Morgan fingerprint density at radius 2 is 2.00 bits per heavy atom. The third-order valence-corrected chi connectivity index (χ3v) is 0.612. The van der Waals surface area contributed by atoms with Crippen LogP contribution in [-0.4, -0.2) is 12.0 Å². The van der Waals surface area contributed by atoms with Gasteiger partial charge in [0.05, 0.1) is 0 Å². The van der Waals surface area contributed by atoms with E-state index in [4.69, 9.17) is 0 Å². The molecule has 5 heavy (non-hydrogen) atoms. The van der Waals surface area contributed by atoms with Gasteiger partial charge in [-0.3, -0.25) is 0 Å². The molecule has 0 aliphatic carbocycles. The van der Waals surface area contributed by atoms with E-state index in [0.717, 1.165) is 5.75 Å². The first-order chi connectivity index (χ1) is 1.91. The van der Waals surface area contributed by atoms with E-state index in [0.29, 0.717) is 0 Å². The smallest absolute Gasteiger partial charge is 0.00700 e. The van der Waals surface area contributed by atoms with E-state index in [1.807, 2.05) is 6.26 Å². The molecule has 0 aliphatic heterocycles. The van der Waals surface area contributed by atoms with Crippen LogP contribution in [0.3, 0.4) is 0 Å². The van der Waals surface area contributed by atoms with Crippen molar-refractivity contribution in [1.82, 2.24) is 0 Å². The lowest BCUT2D eigenvalue weighted by Gasteiger charge is -1.69. The summed E-state index contributed by atoms with van der Waals surface area (Å²) in [4.78, 5) is 0. The third kappa shape index (κ3) is 13.2. The molecule has 2 radical (unpaired) electrons. The highest BCUT2D eigenvalue weighted by atomic mass is 32.2. The molecule has 0 bridgehead atoms. The van der Waals surface area contributed by atoms with E-state index >= 15 is 0 Å². The van der Waals surface area contributed by atoms with Crippen LogP contribution in [0.25, 0.3) is 0 Å². The van der Waals surface area contributed by atoms with Crippen LogP contribution in [0.2, 0.25) is 0 Å². The van der Waals surface area contributed by atoms with Gasteiger partial charge in [-0.15, -0.1) is 0 Å². The van der Waals surface area contributed by atoms with E-state index in [1.165, 1.54) is 0 Å². The quantitative estimate of drug-likeness (QED) is 0.471. The van der Waals surface area contributed by atoms with Gasteiger partial charge in [-0.2, -0.15) is 11.8 Å². The molecule has 0 aromatic heterocycles. The molecule has 1 heteroatoms. The standard InChI is InChI=1S/C3H7S.CH3/c1-3-4-2;/h1,3H2,2H3;1H3. The van der Waals surface area contributed by atoms with Gasteiger partial charge in [0.15, 0.2) is 0 Å². The molecule has 0 aromatic rings. The molecule has 0 saturated carbocycles. The van der Waals surface area contributed by atoms with Crippen molar-refractivity contribution in [2.75, 3.05) is 12.0 Å². The van der Waals surface area contributed by atoms with Crippen molar-refractivity contribution >= 4 is 11.8 Å². The predicted octanol–water partition coefficient (Wildman–Crippen LogP) is 1.63. The fourth-order valence-corrected chi connectivity index (χ4v) is 0. The van der Waals surface area contributed by atoms with Crippen molar-refractivity contribution in [3.05, 3.63) is 14.4 Å². The van der Waals surface area contributed by atoms with Crippen molar-refractivity contribution in [2.24, 2.45) is 0 Å². The van der Waals surface area contributed by atoms with Crippen LogP contribution in [-0.2, 0) is 0 Å². The molecule has 0 saturated heterocycles. The minimum absolute atomic E-state index is 0. The van der Waals surface area contributed by atoms with E-state index in [-0.39, 0.29) is 7.43 Å². The molecular formula is C4H10S. The first-order valence-electron chi connectivity index (χ1n) is 1.20. The molecular weight excluding hydrogens is 80.1 g/mol. The minimum atomic E-state index is 0. The zero-order valence-electron chi connectivity index (χ0n) is 3.82. The number of hydrogen-bond donors (Lipinski definition) is 0. The van der Waals surface area contributed by atoms with Crippen LogP contribution >= 0.6 is 11.8 Å². The van der Waals surface area contributed by atoms with Crippen LogP contribution in [0, 0.1) is 14.4 Å². The topological polar surface area (TPSA) is 0 Å². The van der Waals surface area contributed by atoms with Gasteiger partial charge in [-0.1, -0.05) is 7.43 Å². The van der Waals surface area contributed by atoms with E-state index in [2.05, 4.69) is 6.92 Å². The van der Waals surface area contributed by atoms with Crippen molar-refractivity contribution in [3.63, 3.8) is 0 Å². The molecule has 0 N–H and O–H groups in total. The molecule has 0 unspecified atom stereocenters. The lowest BCUT2D eigenvalue weighted by atomic mass is 11.0. The molecule has 0 amide bonds. The molecule has 0 aliphatic rings. The van der Waals surface area contributed by atoms with Crippen molar-refractivity contribution in [1.29, 1.82) is 0 Å². The van der Waals surface area contributed by atoms with E-state index in [9.17, 15) is 0 Å². The van der Waals surface area contributed by atoms with Gasteiger partial charge in [0.1, 0.15) is 0 Å². The SMILES string of the molecule is [CH2]CSC.[CH3]. The highest BCUT2D eigenvalue weighted by molar-refractivity contribution is 7.98. The Labute approximate surface area is 39.0 Å². The first-order valence-corrected chi connectivity index (χ1v) is 2.59. The Morgan fingerprint density at radius 1 is 1.80 bits per heavy atom. The third-order valence-electron chi connectivity index (χ3n) is 0.204. The zero-order valence-corrected chi connectivity index (χ0v) is 4.64. The zero-order chi connectivity index (χ0) is 3.41. The molecule has 0 nitrogen and oxygen atoms in total. The van der Waals surface area contributed by atoms with Crippen LogP contribution in [0.4, 0.5) is 0 Å². The summed E-state index contributed by atoms with van der Waals surface area (Å²) in [5.74, 6) is 0.986. The maximum atomic E-state index is 3.57. The Kier molecular flexibility index (Phi) is 15.9. The van der Waals surface area contributed by atoms with Crippen LogP contribution in [0.15, 0.2) is 0 Å². The summed E-state index contributed by atoms with van der Waals surface area (Å²) in [7, 11) is 0. The fourth-order valence-electron chi connectivity index (χ4n) is 0. The molecule has 0 rings (SSSR count). The molecule has 0 aromatic carbocycles. The second-order valence-electron chi connectivity index (χ2n) is 0.493. The maximum absolute atomic E-state index is 3.57. The van der Waals surface area contributed by atoms with Gasteiger partial charge in [0.25, 0.3) is 0 Å². The number of hydrogen-bond acceptors (Lipinski definition) is 1. The van der Waals surface area contributed by atoms with E-state index in [1.54, 1.807) is 11.8 Å². The second-order valence-corrected chi connectivity index (χ2v) is 1.48. The number of thioether (sulfide) groups is 1. The monoisotopic (exact) mass is 90.1 g/mol. The molecule has 0 atom stereocenters. The summed E-state index contributed by atoms with van der Waals surface area (Å²) in [5.41, 5.74) is 0. The largest absolute Gasteiger partial charge is 0.165 e. The van der Waals surface area contributed by atoms with Crippen LogP contribution in [0.5, 0.6) is 0 Å². The second kappa shape index (κ2) is 8.84. The Bertz CT molecular complexity index is 5.61. The summed E-state index contributed by atoms with van der Waals surface area (Å²) in [6.45, 7) is 3.57. The average molecular weight is 90.2 g/mol. The average Bonchev–Trinajstić information content (AvgIpc) is 1.37. The fraction of sp³-hybridized carbons (Fsp3) is 0.500. The van der Waals surface area contributed by atoms with Crippen molar-refractivity contribution in [3.8, 4) is 0 Å². The summed E-state index contributed by atoms with van der Waals surface area (Å²) in [6.07, 6.45) is 2.03. The van der Waals surface area contributed by atoms with Gasteiger partial charge < -0.3 is 0 Å². The highest BCUT2D eigenvalue weighted by Gasteiger charge is 1.55. The van der Waals surface area contributed by atoms with Crippen molar-refractivity contribution in [2.45, 2.75) is 0 Å². The minimum Gasteiger partial charge on any atom is -0.165 e. The van der Waals surface area contributed by atoms with Gasteiger partial charge >= 0.3 is 0 Å². The molecule has 0 spiro atoms. The Balaban J connectivity index is 0. The summed E-state index contributed by atoms with van der Waals surface area (Å²) < 4.78 is 0. The molecule has 0 heterocycles. The highest BCUT2D eigenvalue weighted by Crippen LogP contribution is 1.83. The van der Waals surface area contributed by atoms with Gasteiger partial charge in [-0.05, 0) is 18.9 Å². The summed E-state index contributed by atoms with van der Waals surface area (Å²) in [5, 5.41) is 0. The summed E-state index contributed by atoms with van der Waals surface area (Å²) in [6, 6.07) is 0. The lowest BCUT2D eigenvalue weighted by molar-refractivity contribution is 1.83. The van der Waals surface area contributed by atoms with E-state index < -0.39 is 0 Å². The van der Waals surface area contributed by atoms with Crippen molar-refractivity contribution < 1.29 is 0 Å². The first kappa shape index (κ1) is 9.02. The lowest BCUT2D eigenvalue weighted by Crippen LogP contribution is -1.53. The van der Waals surface area contributed by atoms with Gasteiger partial charge in [0, 0.05) is 0 Å². The van der Waals surface area contributed by atoms with Gasteiger partial charge in [-0.25, -0.2) is 0 Å². The maximum Gasteiger partial charge on any atom is -0.00700 e. The molecule has 32 valence electrons.